The average molecular weight is 282 g/mol. The number of carbonyl (C=O) groups is 1. The fourth-order valence-corrected chi connectivity index (χ4v) is 5.88. The number of fused-ring (bicyclic) bond motifs is 1. The van der Waals surface area contributed by atoms with Gasteiger partial charge in [-0.2, -0.15) is 0 Å². The normalized spacial score (nSPS) is 48.2. The molecular formula is C17H30O3. The van der Waals surface area contributed by atoms with Crippen molar-refractivity contribution in [2.45, 2.75) is 72.3 Å². The summed E-state index contributed by atoms with van der Waals surface area (Å²) in [5.41, 5.74) is 0.542. The van der Waals surface area contributed by atoms with Crippen LogP contribution in [0.5, 0.6) is 0 Å². The van der Waals surface area contributed by atoms with Gasteiger partial charge in [0.15, 0.2) is 0 Å². The van der Waals surface area contributed by atoms with Gasteiger partial charge in [-0.3, -0.25) is 4.79 Å². The number of hydrogen-bond donors (Lipinski definition) is 2. The molecule has 3 nitrogen and oxygen atoms in total. The van der Waals surface area contributed by atoms with E-state index in [1.807, 2.05) is 0 Å². The van der Waals surface area contributed by atoms with Crippen molar-refractivity contribution in [1.82, 2.24) is 0 Å². The molecule has 1 spiro atoms. The van der Waals surface area contributed by atoms with Crippen molar-refractivity contribution in [2.24, 2.45) is 28.6 Å². The van der Waals surface area contributed by atoms with Crippen LogP contribution in [0.25, 0.3) is 0 Å². The Morgan fingerprint density at radius 1 is 1.10 bits per heavy atom. The van der Waals surface area contributed by atoms with E-state index in [1.165, 1.54) is 25.7 Å². The molecule has 5 atom stereocenters. The van der Waals surface area contributed by atoms with Crippen molar-refractivity contribution < 1.29 is 15.0 Å². The molecule has 0 saturated heterocycles. The topological polar surface area (TPSA) is 57.5 Å². The van der Waals surface area contributed by atoms with E-state index in [0.717, 1.165) is 25.2 Å². The van der Waals surface area contributed by atoms with Gasteiger partial charge in [-0.1, -0.05) is 20.8 Å². The third-order valence-electron chi connectivity index (χ3n) is 6.79. The van der Waals surface area contributed by atoms with Crippen molar-refractivity contribution in [2.75, 3.05) is 0 Å². The lowest BCUT2D eigenvalue weighted by molar-refractivity contribution is -0.134. The largest absolute Gasteiger partial charge is 0.481 e. The van der Waals surface area contributed by atoms with Gasteiger partial charge in [0.05, 0.1) is 5.60 Å². The molecule has 3 rings (SSSR count). The number of carboxylic acid groups (broad SMARTS) is 1. The van der Waals surface area contributed by atoms with Crippen molar-refractivity contribution >= 4 is 5.97 Å². The van der Waals surface area contributed by atoms with E-state index in [1.54, 1.807) is 0 Å². The molecule has 3 aliphatic carbocycles. The van der Waals surface area contributed by atoms with Gasteiger partial charge in [0.25, 0.3) is 5.97 Å². The molecular weight excluding hydrogens is 252 g/mol. The minimum atomic E-state index is -0.833. The SMILES string of the molecule is CC(=O)O.C[C@H]1CCC2C(C)(C)C3C[C@@]21CC[C@@]3(C)O. The average Bonchev–Trinajstić information content (AvgIpc) is 2.69. The molecule has 0 radical (unpaired) electrons. The van der Waals surface area contributed by atoms with Crippen LogP contribution in [0.4, 0.5) is 0 Å². The minimum Gasteiger partial charge on any atom is -0.481 e. The molecule has 0 aromatic carbocycles. The Morgan fingerprint density at radius 2 is 1.65 bits per heavy atom. The maximum absolute atomic E-state index is 10.6. The summed E-state index contributed by atoms with van der Waals surface area (Å²) in [6.45, 7) is 10.5. The van der Waals surface area contributed by atoms with Crippen LogP contribution < -0.4 is 0 Å². The van der Waals surface area contributed by atoms with Crippen LogP contribution in [0, 0.1) is 28.6 Å². The predicted molar refractivity (Wildman–Crippen MR) is 79.4 cm³/mol. The summed E-state index contributed by atoms with van der Waals surface area (Å²) >= 11 is 0. The van der Waals surface area contributed by atoms with Gasteiger partial charge in [0.2, 0.25) is 0 Å². The van der Waals surface area contributed by atoms with Crippen LogP contribution >= 0.6 is 0 Å². The second-order valence-electron chi connectivity index (χ2n) is 8.22. The van der Waals surface area contributed by atoms with Crippen molar-refractivity contribution in [1.29, 1.82) is 0 Å². The molecule has 3 heteroatoms. The number of carboxylic acids is 1. The zero-order chi connectivity index (χ0) is 15.3. The highest BCUT2D eigenvalue weighted by Gasteiger charge is 2.67. The standard InChI is InChI=1S/C15H26O.C2H4O2/c1-10-5-6-11-13(2,3)12-9-15(10,11)8-7-14(12,4)16;1-2(3)4/h10-12,16H,5-9H2,1-4H3;1H3,(H,3,4)/t10-,11?,12?,14+,15+;/m0./s1. The van der Waals surface area contributed by atoms with E-state index in [9.17, 15) is 5.11 Å². The molecule has 0 aliphatic heterocycles. The van der Waals surface area contributed by atoms with Crippen LogP contribution in [0.1, 0.15) is 66.7 Å². The van der Waals surface area contributed by atoms with Crippen LogP contribution in [0.3, 0.4) is 0 Å². The summed E-state index contributed by atoms with van der Waals surface area (Å²) in [5, 5.41) is 18.1. The Balaban J connectivity index is 0.000000328. The van der Waals surface area contributed by atoms with Crippen molar-refractivity contribution in [3.63, 3.8) is 0 Å². The summed E-state index contributed by atoms with van der Waals surface area (Å²) < 4.78 is 0. The van der Waals surface area contributed by atoms with Crippen LogP contribution in [-0.4, -0.2) is 21.8 Å². The summed E-state index contributed by atoms with van der Waals surface area (Å²) in [7, 11) is 0. The van der Waals surface area contributed by atoms with Gasteiger partial charge >= 0.3 is 0 Å². The van der Waals surface area contributed by atoms with Gasteiger partial charge in [-0.25, -0.2) is 0 Å². The van der Waals surface area contributed by atoms with Crippen molar-refractivity contribution in [3.05, 3.63) is 0 Å². The van der Waals surface area contributed by atoms with E-state index >= 15 is 0 Å². The molecule has 0 aromatic heterocycles. The second-order valence-corrected chi connectivity index (χ2v) is 8.22. The lowest BCUT2D eigenvalue weighted by atomic mass is 9.64. The molecule has 20 heavy (non-hydrogen) atoms. The Morgan fingerprint density at radius 3 is 2.20 bits per heavy atom. The lowest BCUT2D eigenvalue weighted by Gasteiger charge is -2.44. The number of aliphatic hydroxyl groups is 1. The predicted octanol–water partition coefficient (Wildman–Crippen LogP) is 3.70. The highest BCUT2D eigenvalue weighted by Crippen LogP contribution is 2.73. The quantitative estimate of drug-likeness (QED) is 0.712. The number of hydrogen-bond acceptors (Lipinski definition) is 2. The minimum absolute atomic E-state index is 0.352. The highest BCUT2D eigenvalue weighted by molar-refractivity contribution is 5.62. The molecule has 2 N–H and O–H groups in total. The summed E-state index contributed by atoms with van der Waals surface area (Å²) in [4.78, 5) is 9.00. The van der Waals surface area contributed by atoms with Crippen molar-refractivity contribution in [3.8, 4) is 0 Å². The van der Waals surface area contributed by atoms with Crippen LogP contribution in [-0.2, 0) is 4.79 Å². The number of aliphatic carboxylic acids is 1. The fourth-order valence-electron chi connectivity index (χ4n) is 5.88. The van der Waals surface area contributed by atoms with E-state index in [-0.39, 0.29) is 0 Å². The van der Waals surface area contributed by atoms with Gasteiger partial charge in [0.1, 0.15) is 0 Å². The molecule has 3 aliphatic rings. The Kier molecular flexibility index (Phi) is 3.73. The van der Waals surface area contributed by atoms with Gasteiger partial charge < -0.3 is 10.2 Å². The summed E-state index contributed by atoms with van der Waals surface area (Å²) in [6.07, 6.45) is 6.41. The Labute approximate surface area is 122 Å². The summed E-state index contributed by atoms with van der Waals surface area (Å²) in [5.74, 6) is 1.45. The van der Waals surface area contributed by atoms with E-state index < -0.39 is 11.6 Å². The molecule has 3 fully saturated rings. The first-order chi connectivity index (χ1) is 9.04. The van der Waals surface area contributed by atoms with Crippen LogP contribution in [0.15, 0.2) is 0 Å². The Bertz CT molecular complexity index is 391. The first-order valence-corrected chi connectivity index (χ1v) is 7.96. The molecule has 0 heterocycles. The first kappa shape index (κ1) is 15.8. The van der Waals surface area contributed by atoms with E-state index in [0.29, 0.717) is 16.7 Å². The number of rotatable bonds is 0. The zero-order valence-electron chi connectivity index (χ0n) is 13.6. The lowest BCUT2D eigenvalue weighted by Crippen LogP contribution is -2.44. The highest BCUT2D eigenvalue weighted by atomic mass is 16.4. The molecule has 0 aromatic rings. The molecule has 116 valence electrons. The molecule has 2 bridgehead atoms. The molecule has 3 saturated carbocycles. The molecule has 0 amide bonds. The zero-order valence-corrected chi connectivity index (χ0v) is 13.6. The van der Waals surface area contributed by atoms with Crippen LogP contribution in [0.2, 0.25) is 0 Å². The van der Waals surface area contributed by atoms with Gasteiger partial charge in [0, 0.05) is 6.92 Å². The third-order valence-corrected chi connectivity index (χ3v) is 6.79. The van der Waals surface area contributed by atoms with E-state index in [2.05, 4.69) is 27.7 Å². The van der Waals surface area contributed by atoms with E-state index in [4.69, 9.17) is 9.90 Å². The van der Waals surface area contributed by atoms with Gasteiger partial charge in [-0.05, 0) is 67.6 Å². The maximum Gasteiger partial charge on any atom is 0.300 e. The maximum atomic E-state index is 10.6. The van der Waals surface area contributed by atoms with Gasteiger partial charge in [-0.15, -0.1) is 0 Å². The smallest absolute Gasteiger partial charge is 0.300 e. The first-order valence-electron chi connectivity index (χ1n) is 7.96. The fraction of sp³-hybridized carbons (Fsp3) is 0.941. The Hall–Kier alpha value is -0.570. The monoisotopic (exact) mass is 282 g/mol. The molecule has 2 unspecified atom stereocenters. The summed E-state index contributed by atoms with van der Waals surface area (Å²) in [6, 6.07) is 0. The third kappa shape index (κ3) is 2.18. The second kappa shape index (κ2) is 4.72.